The van der Waals surface area contributed by atoms with Crippen molar-refractivity contribution in [2.45, 2.75) is 33.6 Å². The van der Waals surface area contributed by atoms with Gasteiger partial charge >= 0.3 is 0 Å². The van der Waals surface area contributed by atoms with Gasteiger partial charge in [-0.15, -0.1) is 0 Å². The molecule has 1 heterocycles. The molecule has 0 aliphatic carbocycles. The molecule has 0 aliphatic heterocycles. The van der Waals surface area contributed by atoms with Gasteiger partial charge in [-0.2, -0.15) is 0 Å². The van der Waals surface area contributed by atoms with Crippen molar-refractivity contribution in [3.05, 3.63) is 46.4 Å². The molecule has 0 amide bonds. The van der Waals surface area contributed by atoms with Crippen LogP contribution < -0.4 is 4.74 Å². The van der Waals surface area contributed by atoms with Gasteiger partial charge in [0, 0.05) is 0 Å². The maximum Gasteiger partial charge on any atom is 0.257 e. The number of rotatable bonds is 3. The highest BCUT2D eigenvalue weighted by Gasteiger charge is 2.13. The monoisotopic (exact) mass is 276 g/mol. The number of nitrogens with zero attached hydrogens (tertiary/aromatic N) is 2. The van der Waals surface area contributed by atoms with E-state index in [4.69, 9.17) is 16.3 Å². The third kappa shape index (κ3) is 3.04. The second-order valence-corrected chi connectivity index (χ2v) is 5.14. The van der Waals surface area contributed by atoms with E-state index >= 15 is 0 Å². The lowest BCUT2D eigenvalue weighted by Gasteiger charge is -2.14. The Kier molecular flexibility index (Phi) is 4.05. The SMILES string of the molecule is Cc1nc(Cl)c(Oc2ccccc2C(C)C)nc1C. The minimum atomic E-state index is 0.293. The molecule has 2 rings (SSSR count). The van der Waals surface area contributed by atoms with Crippen LogP contribution in [0.4, 0.5) is 0 Å². The summed E-state index contributed by atoms with van der Waals surface area (Å²) in [5.74, 6) is 1.50. The third-order valence-corrected chi connectivity index (χ3v) is 3.23. The van der Waals surface area contributed by atoms with Gasteiger partial charge in [0.05, 0.1) is 11.4 Å². The number of hydrogen-bond donors (Lipinski definition) is 0. The van der Waals surface area contributed by atoms with Gasteiger partial charge in [-0.25, -0.2) is 9.97 Å². The van der Waals surface area contributed by atoms with Gasteiger partial charge in [-0.05, 0) is 31.4 Å². The largest absolute Gasteiger partial charge is 0.436 e. The van der Waals surface area contributed by atoms with Crippen LogP contribution in [0.5, 0.6) is 11.6 Å². The normalized spacial score (nSPS) is 10.8. The first-order chi connectivity index (χ1) is 8.99. The summed E-state index contributed by atoms with van der Waals surface area (Å²) in [5, 5.41) is 0.293. The maximum atomic E-state index is 6.08. The van der Waals surface area contributed by atoms with Crippen LogP contribution in [0.15, 0.2) is 24.3 Å². The van der Waals surface area contributed by atoms with Gasteiger partial charge in [0.15, 0.2) is 5.15 Å². The average Bonchev–Trinajstić information content (AvgIpc) is 2.36. The number of aryl methyl sites for hydroxylation is 2. The van der Waals surface area contributed by atoms with Crippen LogP contribution in [0.2, 0.25) is 5.15 Å². The van der Waals surface area contributed by atoms with Crippen LogP contribution in [-0.4, -0.2) is 9.97 Å². The molecule has 100 valence electrons. The summed E-state index contributed by atoms with van der Waals surface area (Å²) in [7, 11) is 0. The Hall–Kier alpha value is -1.61. The Labute approximate surface area is 118 Å². The number of benzene rings is 1. The molecule has 0 N–H and O–H groups in total. The number of hydrogen-bond acceptors (Lipinski definition) is 3. The van der Waals surface area contributed by atoms with Gasteiger partial charge in [0.1, 0.15) is 5.75 Å². The smallest absolute Gasteiger partial charge is 0.257 e. The lowest BCUT2D eigenvalue weighted by molar-refractivity contribution is 0.450. The highest BCUT2D eigenvalue weighted by molar-refractivity contribution is 6.30. The maximum absolute atomic E-state index is 6.08. The lowest BCUT2D eigenvalue weighted by Crippen LogP contribution is -1.99. The van der Waals surface area contributed by atoms with E-state index in [1.807, 2.05) is 38.1 Å². The van der Waals surface area contributed by atoms with Gasteiger partial charge in [-0.3, -0.25) is 0 Å². The highest BCUT2D eigenvalue weighted by atomic mass is 35.5. The lowest BCUT2D eigenvalue weighted by atomic mass is 10.0. The van der Waals surface area contributed by atoms with Crippen molar-refractivity contribution in [2.24, 2.45) is 0 Å². The predicted molar refractivity (Wildman–Crippen MR) is 77.1 cm³/mol. The second-order valence-electron chi connectivity index (χ2n) is 4.78. The fourth-order valence-electron chi connectivity index (χ4n) is 1.77. The Morgan fingerprint density at radius 1 is 1.05 bits per heavy atom. The van der Waals surface area contributed by atoms with Gasteiger partial charge < -0.3 is 4.74 Å². The fourth-order valence-corrected chi connectivity index (χ4v) is 1.98. The molecule has 1 aromatic heterocycles. The van der Waals surface area contributed by atoms with E-state index in [0.29, 0.717) is 17.0 Å². The van der Waals surface area contributed by atoms with E-state index in [0.717, 1.165) is 22.7 Å². The zero-order valence-electron chi connectivity index (χ0n) is 11.6. The molecule has 0 radical (unpaired) electrons. The van der Waals surface area contributed by atoms with Crippen molar-refractivity contribution in [1.82, 2.24) is 9.97 Å². The standard InChI is InChI=1S/C15H17ClN2O/c1-9(2)12-7-5-6-8-13(12)19-15-14(16)17-10(3)11(4)18-15/h5-9H,1-4H3. The molecule has 0 aliphatic rings. The molecule has 0 bridgehead atoms. The summed E-state index contributed by atoms with van der Waals surface area (Å²) in [6, 6.07) is 7.89. The minimum absolute atomic E-state index is 0.293. The number of halogens is 1. The van der Waals surface area contributed by atoms with Crippen LogP contribution in [0.1, 0.15) is 36.7 Å². The van der Waals surface area contributed by atoms with Crippen LogP contribution in [0.25, 0.3) is 0 Å². The van der Waals surface area contributed by atoms with E-state index < -0.39 is 0 Å². The van der Waals surface area contributed by atoms with Crippen LogP contribution >= 0.6 is 11.6 Å². The molecule has 0 saturated heterocycles. The first kappa shape index (κ1) is 13.8. The zero-order valence-corrected chi connectivity index (χ0v) is 12.3. The summed E-state index contributed by atoms with van der Waals surface area (Å²) < 4.78 is 5.83. The molecular weight excluding hydrogens is 260 g/mol. The fraction of sp³-hybridized carbons (Fsp3) is 0.333. The van der Waals surface area contributed by atoms with Crippen LogP contribution in [-0.2, 0) is 0 Å². The van der Waals surface area contributed by atoms with Crippen molar-refractivity contribution < 1.29 is 4.74 Å². The topological polar surface area (TPSA) is 35.0 Å². The number of para-hydroxylation sites is 1. The van der Waals surface area contributed by atoms with E-state index in [9.17, 15) is 0 Å². The number of ether oxygens (including phenoxy) is 1. The van der Waals surface area contributed by atoms with Gasteiger partial charge in [0.25, 0.3) is 5.88 Å². The molecule has 2 aromatic rings. The predicted octanol–water partition coefficient (Wildman–Crippen LogP) is 4.66. The zero-order chi connectivity index (χ0) is 14.0. The molecule has 4 heteroatoms. The molecule has 0 spiro atoms. The van der Waals surface area contributed by atoms with Crippen molar-refractivity contribution in [1.29, 1.82) is 0 Å². The Balaban J connectivity index is 2.39. The third-order valence-electron chi connectivity index (χ3n) is 2.98. The second kappa shape index (κ2) is 5.57. The van der Waals surface area contributed by atoms with Crippen molar-refractivity contribution in [2.75, 3.05) is 0 Å². The Morgan fingerprint density at radius 2 is 1.68 bits per heavy atom. The minimum Gasteiger partial charge on any atom is -0.436 e. The quantitative estimate of drug-likeness (QED) is 0.818. The van der Waals surface area contributed by atoms with E-state index in [-0.39, 0.29) is 0 Å². The van der Waals surface area contributed by atoms with Crippen LogP contribution in [0.3, 0.4) is 0 Å². The Morgan fingerprint density at radius 3 is 2.37 bits per heavy atom. The Bertz CT molecular complexity index is 597. The van der Waals surface area contributed by atoms with E-state index in [1.165, 1.54) is 0 Å². The molecule has 0 atom stereocenters. The summed E-state index contributed by atoms with van der Waals surface area (Å²) >= 11 is 6.08. The molecule has 0 saturated carbocycles. The summed E-state index contributed by atoms with van der Waals surface area (Å²) in [4.78, 5) is 8.57. The molecule has 3 nitrogen and oxygen atoms in total. The molecule has 0 fully saturated rings. The highest BCUT2D eigenvalue weighted by Crippen LogP contribution is 2.32. The number of aromatic nitrogens is 2. The van der Waals surface area contributed by atoms with Crippen molar-refractivity contribution >= 4 is 11.6 Å². The van der Waals surface area contributed by atoms with Gasteiger partial charge in [0.2, 0.25) is 0 Å². The molecule has 19 heavy (non-hydrogen) atoms. The molecule has 0 unspecified atom stereocenters. The first-order valence-corrected chi connectivity index (χ1v) is 6.64. The molecule has 1 aromatic carbocycles. The van der Waals surface area contributed by atoms with Crippen LogP contribution in [0, 0.1) is 13.8 Å². The summed E-state index contributed by atoms with van der Waals surface area (Å²) in [6.07, 6.45) is 0. The van der Waals surface area contributed by atoms with E-state index in [1.54, 1.807) is 0 Å². The molecular formula is C15H17ClN2O. The summed E-state index contributed by atoms with van der Waals surface area (Å²) in [6.45, 7) is 8.01. The van der Waals surface area contributed by atoms with Gasteiger partial charge in [-0.1, -0.05) is 43.6 Å². The average molecular weight is 277 g/mol. The first-order valence-electron chi connectivity index (χ1n) is 6.26. The summed E-state index contributed by atoms with van der Waals surface area (Å²) in [5.41, 5.74) is 2.76. The van der Waals surface area contributed by atoms with Crippen molar-refractivity contribution in [3.63, 3.8) is 0 Å². The van der Waals surface area contributed by atoms with E-state index in [2.05, 4.69) is 23.8 Å². The van der Waals surface area contributed by atoms with Crippen molar-refractivity contribution in [3.8, 4) is 11.6 Å².